The van der Waals surface area contributed by atoms with E-state index in [0.717, 1.165) is 0 Å². The molecule has 0 aliphatic heterocycles. The maximum Gasteiger partial charge on any atom is 0.259 e. The molecule has 0 aliphatic carbocycles. The molecule has 21 heavy (non-hydrogen) atoms. The summed E-state index contributed by atoms with van der Waals surface area (Å²) in [7, 11) is 0. The number of hydrogen-bond donors (Lipinski definition) is 2. The summed E-state index contributed by atoms with van der Waals surface area (Å²) in [5.74, 6) is -0.161. The van der Waals surface area contributed by atoms with Crippen LogP contribution in [0, 0.1) is 0 Å². The van der Waals surface area contributed by atoms with Gasteiger partial charge in [0.25, 0.3) is 5.91 Å². The second-order valence-electron chi connectivity index (χ2n) is 3.94. The molecule has 0 unspecified atom stereocenters. The van der Waals surface area contributed by atoms with Crippen LogP contribution in [-0.2, 0) is 0 Å². The second-order valence-corrected chi connectivity index (χ2v) is 4.66. The van der Waals surface area contributed by atoms with Crippen LogP contribution in [-0.4, -0.2) is 22.5 Å². The molecule has 2 aromatic rings. The van der Waals surface area contributed by atoms with Crippen LogP contribution in [0.1, 0.15) is 17.3 Å². The molecule has 0 fully saturated rings. The molecule has 0 aliphatic rings. The van der Waals surface area contributed by atoms with Gasteiger partial charge in [0.1, 0.15) is 12.0 Å². The Bertz CT molecular complexity index is 659. The van der Waals surface area contributed by atoms with E-state index in [2.05, 4.69) is 15.3 Å². The largest absolute Gasteiger partial charge is 0.491 e. The lowest BCUT2D eigenvalue weighted by atomic mass is 10.1. The van der Waals surface area contributed by atoms with E-state index in [-0.39, 0.29) is 21.6 Å². The molecule has 0 atom stereocenters. The minimum atomic E-state index is -0.468. The Morgan fingerprint density at radius 2 is 2.00 bits per heavy atom. The predicted octanol–water partition coefficient (Wildman–Crippen LogP) is 3.02. The standard InChI is InChI=1S/C13H12Cl2N4O2/c1-2-21-10-7(4-3-5-8(10)16)13(20)19-9-11(14)17-6-18-12(9)15/h3-6H,2,16H2,1H3,(H,19,20). The SMILES string of the molecule is CCOc1c(N)cccc1C(=O)Nc1c(Cl)ncnc1Cl. The molecule has 2 rings (SSSR count). The van der Waals surface area contributed by atoms with Crippen molar-refractivity contribution in [3.63, 3.8) is 0 Å². The van der Waals surface area contributed by atoms with Crippen molar-refractivity contribution in [2.75, 3.05) is 17.7 Å². The number of nitrogen functional groups attached to an aromatic ring is 1. The summed E-state index contributed by atoms with van der Waals surface area (Å²) in [6.07, 6.45) is 1.20. The summed E-state index contributed by atoms with van der Waals surface area (Å²) < 4.78 is 5.40. The van der Waals surface area contributed by atoms with Crippen LogP contribution in [0.15, 0.2) is 24.5 Å². The quantitative estimate of drug-likeness (QED) is 0.665. The summed E-state index contributed by atoms with van der Waals surface area (Å²) >= 11 is 11.8. The van der Waals surface area contributed by atoms with Crippen molar-refractivity contribution >= 4 is 40.5 Å². The molecule has 1 heterocycles. The number of nitrogens with two attached hydrogens (primary N) is 1. The van der Waals surface area contributed by atoms with Crippen LogP contribution < -0.4 is 15.8 Å². The van der Waals surface area contributed by atoms with Crippen molar-refractivity contribution in [2.24, 2.45) is 0 Å². The monoisotopic (exact) mass is 326 g/mol. The second kappa shape index (κ2) is 6.60. The molecule has 0 spiro atoms. The summed E-state index contributed by atoms with van der Waals surface area (Å²) in [4.78, 5) is 19.9. The zero-order valence-corrected chi connectivity index (χ0v) is 12.6. The molecule has 0 bridgehead atoms. The molecule has 0 radical (unpaired) electrons. The van der Waals surface area contributed by atoms with Crippen LogP contribution in [0.2, 0.25) is 10.3 Å². The van der Waals surface area contributed by atoms with Gasteiger partial charge in [-0.2, -0.15) is 0 Å². The molecule has 0 saturated carbocycles. The Hall–Kier alpha value is -2.05. The summed E-state index contributed by atoms with van der Waals surface area (Å²) in [5, 5.41) is 2.65. The number of anilines is 2. The Kier molecular flexibility index (Phi) is 4.82. The molecule has 6 nitrogen and oxygen atoms in total. The number of aromatic nitrogens is 2. The first-order valence-electron chi connectivity index (χ1n) is 6.03. The third-order valence-corrected chi connectivity index (χ3v) is 3.15. The fourth-order valence-electron chi connectivity index (χ4n) is 1.67. The first-order chi connectivity index (χ1) is 10.0. The number of benzene rings is 1. The number of hydrogen-bond acceptors (Lipinski definition) is 5. The number of carbonyl (C=O) groups excluding carboxylic acids is 1. The lowest BCUT2D eigenvalue weighted by Crippen LogP contribution is -2.15. The fourth-order valence-corrected chi connectivity index (χ4v) is 2.08. The molecule has 1 aromatic heterocycles. The number of ether oxygens (including phenoxy) is 1. The Labute approximate surface area is 131 Å². The van der Waals surface area contributed by atoms with Gasteiger partial charge in [-0.05, 0) is 19.1 Å². The topological polar surface area (TPSA) is 90.1 Å². The van der Waals surface area contributed by atoms with Crippen molar-refractivity contribution < 1.29 is 9.53 Å². The number of nitrogens with zero attached hydrogens (tertiary/aromatic N) is 2. The van der Waals surface area contributed by atoms with E-state index >= 15 is 0 Å². The fraction of sp³-hybridized carbons (Fsp3) is 0.154. The number of nitrogens with one attached hydrogen (secondary N) is 1. The third kappa shape index (κ3) is 3.34. The van der Waals surface area contributed by atoms with Crippen LogP contribution >= 0.6 is 23.2 Å². The predicted molar refractivity (Wildman–Crippen MR) is 82.0 cm³/mol. The van der Waals surface area contributed by atoms with Crippen LogP contribution in [0.3, 0.4) is 0 Å². The highest BCUT2D eigenvalue weighted by molar-refractivity contribution is 6.38. The van der Waals surface area contributed by atoms with Gasteiger partial charge < -0.3 is 15.8 Å². The van der Waals surface area contributed by atoms with Crippen LogP contribution in [0.4, 0.5) is 11.4 Å². The van der Waals surface area contributed by atoms with Gasteiger partial charge in [-0.15, -0.1) is 0 Å². The van der Waals surface area contributed by atoms with E-state index in [1.807, 2.05) is 0 Å². The van der Waals surface area contributed by atoms with Gasteiger partial charge in [0.05, 0.1) is 17.9 Å². The number of halogens is 2. The Balaban J connectivity index is 2.35. The van der Waals surface area contributed by atoms with Crippen molar-refractivity contribution in [1.82, 2.24) is 9.97 Å². The summed E-state index contributed by atoms with van der Waals surface area (Å²) in [6.45, 7) is 2.18. The molecular weight excluding hydrogens is 315 g/mol. The minimum Gasteiger partial charge on any atom is -0.491 e. The Morgan fingerprint density at radius 1 is 1.33 bits per heavy atom. The molecule has 1 amide bonds. The number of carbonyl (C=O) groups is 1. The average Bonchev–Trinajstić information content (AvgIpc) is 2.45. The maximum atomic E-state index is 12.3. The smallest absolute Gasteiger partial charge is 0.259 e. The van der Waals surface area contributed by atoms with Crippen molar-refractivity contribution in [1.29, 1.82) is 0 Å². The molecule has 3 N–H and O–H groups in total. The van der Waals surface area contributed by atoms with E-state index in [4.69, 9.17) is 33.7 Å². The van der Waals surface area contributed by atoms with Crippen LogP contribution in [0.25, 0.3) is 0 Å². The number of para-hydroxylation sites is 1. The maximum absolute atomic E-state index is 12.3. The molecule has 8 heteroatoms. The zero-order valence-electron chi connectivity index (χ0n) is 11.1. The lowest BCUT2D eigenvalue weighted by Gasteiger charge is -2.13. The summed E-state index contributed by atoms with van der Waals surface area (Å²) in [5.41, 5.74) is 6.59. The van der Waals surface area contributed by atoms with Crippen molar-refractivity contribution in [2.45, 2.75) is 6.92 Å². The van der Waals surface area contributed by atoms with E-state index in [1.165, 1.54) is 6.33 Å². The summed E-state index contributed by atoms with van der Waals surface area (Å²) in [6, 6.07) is 4.88. The van der Waals surface area contributed by atoms with Gasteiger partial charge in [0, 0.05) is 0 Å². The minimum absolute atomic E-state index is 0.0465. The molecule has 1 aromatic carbocycles. The first kappa shape index (κ1) is 15.3. The van der Waals surface area contributed by atoms with Crippen molar-refractivity contribution in [3.05, 3.63) is 40.4 Å². The highest BCUT2D eigenvalue weighted by atomic mass is 35.5. The number of rotatable bonds is 4. The van der Waals surface area contributed by atoms with Crippen molar-refractivity contribution in [3.8, 4) is 5.75 Å². The molecule has 110 valence electrons. The van der Waals surface area contributed by atoms with E-state index in [9.17, 15) is 4.79 Å². The van der Waals surface area contributed by atoms with Gasteiger partial charge >= 0.3 is 0 Å². The van der Waals surface area contributed by atoms with Gasteiger partial charge in [0.2, 0.25) is 0 Å². The van der Waals surface area contributed by atoms with E-state index in [1.54, 1.807) is 25.1 Å². The van der Waals surface area contributed by atoms with E-state index < -0.39 is 5.91 Å². The molecule has 0 saturated heterocycles. The van der Waals surface area contributed by atoms with Gasteiger partial charge in [-0.1, -0.05) is 29.3 Å². The molecular formula is C13H12Cl2N4O2. The third-order valence-electron chi connectivity index (χ3n) is 2.57. The average molecular weight is 327 g/mol. The number of amides is 1. The van der Waals surface area contributed by atoms with Gasteiger partial charge in [-0.3, -0.25) is 4.79 Å². The highest BCUT2D eigenvalue weighted by Crippen LogP contribution is 2.30. The van der Waals surface area contributed by atoms with Gasteiger partial charge in [-0.25, -0.2) is 9.97 Å². The van der Waals surface area contributed by atoms with Crippen LogP contribution in [0.5, 0.6) is 5.75 Å². The Morgan fingerprint density at radius 3 is 2.62 bits per heavy atom. The highest BCUT2D eigenvalue weighted by Gasteiger charge is 2.18. The zero-order chi connectivity index (χ0) is 15.4. The lowest BCUT2D eigenvalue weighted by molar-refractivity contribution is 0.102. The first-order valence-corrected chi connectivity index (χ1v) is 6.78. The normalized spacial score (nSPS) is 10.2. The van der Waals surface area contributed by atoms with Gasteiger partial charge in [0.15, 0.2) is 16.1 Å². The van der Waals surface area contributed by atoms with E-state index in [0.29, 0.717) is 18.0 Å².